The van der Waals surface area contributed by atoms with Gasteiger partial charge in [-0.1, -0.05) is 57.2 Å². The van der Waals surface area contributed by atoms with Crippen molar-refractivity contribution in [3.05, 3.63) is 75.9 Å². The van der Waals surface area contributed by atoms with Crippen molar-refractivity contribution in [3.8, 4) is 16.2 Å². The number of aliphatic imine (C=N–C) groups is 1. The van der Waals surface area contributed by atoms with Crippen LogP contribution in [0.15, 0.2) is 52.8 Å². The highest BCUT2D eigenvalue weighted by Gasteiger charge is 2.17. The van der Waals surface area contributed by atoms with Gasteiger partial charge in [-0.25, -0.2) is 4.39 Å². The Hall–Kier alpha value is -2.79. The Morgan fingerprint density at radius 3 is 2.40 bits per heavy atom. The molecule has 0 radical (unpaired) electrons. The molecule has 0 atom stereocenters. The summed E-state index contributed by atoms with van der Waals surface area (Å²) in [6, 6.07) is 12.6. The first kappa shape index (κ1) is 21.9. The monoisotopic (exact) mass is 423 g/mol. The van der Waals surface area contributed by atoms with Crippen LogP contribution in [0.1, 0.15) is 54.7 Å². The van der Waals surface area contributed by atoms with Crippen molar-refractivity contribution >= 4 is 22.8 Å². The molecule has 0 saturated carbocycles. The molecule has 3 aromatic rings. The third-order valence-corrected chi connectivity index (χ3v) is 6.14. The lowest BCUT2D eigenvalue weighted by atomic mass is 9.86. The second kappa shape index (κ2) is 8.52. The maximum atomic E-state index is 13.7. The Balaban J connectivity index is 1.79. The quantitative estimate of drug-likeness (QED) is 0.373. The molecule has 1 heterocycles. The summed E-state index contributed by atoms with van der Waals surface area (Å²) in [5.74, 6) is -0.501. The van der Waals surface area contributed by atoms with Crippen molar-refractivity contribution in [3.63, 3.8) is 0 Å². The molecule has 5 heteroatoms. The zero-order chi connectivity index (χ0) is 22.1. The highest BCUT2D eigenvalue weighted by atomic mass is 32.1. The molecule has 0 aliphatic rings. The lowest BCUT2D eigenvalue weighted by Crippen LogP contribution is -2.10. The molecular formula is C25H26FNO2S. The largest absolute Gasteiger partial charge is 0.506 e. The number of carbonyl (C=O) groups is 1. The maximum Gasteiger partial charge on any atom is 0.184 e. The van der Waals surface area contributed by atoms with Crippen molar-refractivity contribution in [2.75, 3.05) is 6.54 Å². The van der Waals surface area contributed by atoms with Crippen LogP contribution in [0.5, 0.6) is 5.75 Å². The number of carbonyl (C=O) groups excluding carboxylic acids is 1. The number of nitrogens with zero attached hydrogens (tertiary/aromatic N) is 1. The van der Waals surface area contributed by atoms with E-state index in [-0.39, 0.29) is 23.5 Å². The lowest BCUT2D eigenvalue weighted by molar-refractivity contribution is 0.100. The predicted octanol–water partition coefficient (Wildman–Crippen LogP) is 6.56. The third kappa shape index (κ3) is 4.68. The second-order valence-electron chi connectivity index (χ2n) is 8.44. The van der Waals surface area contributed by atoms with Gasteiger partial charge in [-0.2, -0.15) is 0 Å². The number of aromatic hydroxyl groups is 1. The topological polar surface area (TPSA) is 49.7 Å². The summed E-state index contributed by atoms with van der Waals surface area (Å²) in [5, 5.41) is 12.6. The van der Waals surface area contributed by atoms with Gasteiger partial charge in [0, 0.05) is 22.2 Å². The summed E-state index contributed by atoms with van der Waals surface area (Å²) >= 11 is 1.44. The van der Waals surface area contributed by atoms with Crippen LogP contribution in [0.3, 0.4) is 0 Å². The van der Waals surface area contributed by atoms with E-state index >= 15 is 0 Å². The van der Waals surface area contributed by atoms with Gasteiger partial charge < -0.3 is 5.11 Å². The van der Waals surface area contributed by atoms with Gasteiger partial charge in [0.1, 0.15) is 18.1 Å². The van der Waals surface area contributed by atoms with Gasteiger partial charge in [-0.15, -0.1) is 11.3 Å². The minimum Gasteiger partial charge on any atom is -0.506 e. The minimum atomic E-state index is -0.404. The molecular weight excluding hydrogens is 397 g/mol. The number of benzene rings is 2. The molecule has 1 N–H and O–H groups in total. The van der Waals surface area contributed by atoms with E-state index in [0.29, 0.717) is 22.4 Å². The van der Waals surface area contributed by atoms with Gasteiger partial charge in [0.15, 0.2) is 5.78 Å². The van der Waals surface area contributed by atoms with E-state index in [1.54, 1.807) is 26.0 Å². The molecule has 1 aromatic heterocycles. The molecule has 3 nitrogen and oxygen atoms in total. The molecule has 0 unspecified atom stereocenters. The molecule has 0 bridgehead atoms. The van der Waals surface area contributed by atoms with Gasteiger partial charge in [-0.3, -0.25) is 9.79 Å². The van der Waals surface area contributed by atoms with Crippen LogP contribution in [0, 0.1) is 12.7 Å². The third-order valence-electron chi connectivity index (χ3n) is 5.12. The van der Waals surface area contributed by atoms with Crippen molar-refractivity contribution in [2.45, 2.75) is 40.0 Å². The zero-order valence-electron chi connectivity index (χ0n) is 17.9. The normalized spacial score (nSPS) is 12.3. The van der Waals surface area contributed by atoms with E-state index in [1.165, 1.54) is 23.0 Å². The van der Waals surface area contributed by atoms with Gasteiger partial charge in [0.2, 0.25) is 0 Å². The van der Waals surface area contributed by atoms with Crippen LogP contribution in [-0.4, -0.2) is 23.1 Å². The highest BCUT2D eigenvalue weighted by molar-refractivity contribution is 7.14. The number of ketones is 1. The van der Waals surface area contributed by atoms with Crippen LogP contribution in [0.25, 0.3) is 10.4 Å². The minimum absolute atomic E-state index is 0.0668. The van der Waals surface area contributed by atoms with Crippen LogP contribution < -0.4 is 0 Å². The van der Waals surface area contributed by atoms with Crippen LogP contribution in [0.2, 0.25) is 0 Å². The number of Topliss-reactive ketones (excluding diaryl/α,β-unsaturated/α-hetero) is 1. The summed E-state index contributed by atoms with van der Waals surface area (Å²) in [6.07, 6.45) is 0. The number of thiophene rings is 1. The van der Waals surface area contributed by atoms with E-state index in [9.17, 15) is 14.3 Å². The molecule has 0 aliphatic carbocycles. The number of hydrogen-bond acceptors (Lipinski definition) is 4. The fourth-order valence-corrected chi connectivity index (χ4v) is 4.08. The summed E-state index contributed by atoms with van der Waals surface area (Å²) in [7, 11) is 0. The first-order valence-electron chi connectivity index (χ1n) is 9.80. The molecule has 3 rings (SSSR count). The SMILES string of the molecule is CC(=NCC(=O)c1ccc(C)c(F)c1)c1csc(-c2ccc(C(C)(C)C)cc2)c1O. The Bertz CT molecular complexity index is 1110. The summed E-state index contributed by atoms with van der Waals surface area (Å²) in [4.78, 5) is 17.4. The molecule has 2 aromatic carbocycles. The standard InChI is InChI=1S/C25H26FNO2S/c1-15-6-7-18(12-21(15)26)22(28)13-27-16(2)20-14-30-24(23(20)29)17-8-10-19(11-9-17)25(3,4)5/h6-12,14,29H,13H2,1-5H3. The molecule has 0 aliphatic heterocycles. The number of rotatable bonds is 5. The molecule has 0 spiro atoms. The van der Waals surface area contributed by atoms with Gasteiger partial charge in [-0.05, 0) is 42.0 Å². The molecule has 0 saturated heterocycles. The van der Waals surface area contributed by atoms with Crippen molar-refractivity contribution < 1.29 is 14.3 Å². The Labute approximate surface area is 180 Å². The summed E-state index contributed by atoms with van der Waals surface area (Å²) in [6.45, 7) is 9.80. The van der Waals surface area contributed by atoms with E-state index in [0.717, 1.165) is 10.4 Å². The summed E-state index contributed by atoms with van der Waals surface area (Å²) < 4.78 is 13.7. The average Bonchev–Trinajstić information content (AvgIpc) is 3.08. The molecule has 156 valence electrons. The van der Waals surface area contributed by atoms with E-state index in [2.05, 4.69) is 37.9 Å². The lowest BCUT2D eigenvalue weighted by Gasteiger charge is -2.19. The number of aryl methyl sites for hydroxylation is 1. The Morgan fingerprint density at radius 1 is 1.13 bits per heavy atom. The fraction of sp³-hybridized carbons (Fsp3) is 0.280. The van der Waals surface area contributed by atoms with E-state index in [1.807, 2.05) is 17.5 Å². The molecule has 0 amide bonds. The van der Waals surface area contributed by atoms with Gasteiger partial charge in [0.25, 0.3) is 0 Å². The van der Waals surface area contributed by atoms with E-state index in [4.69, 9.17) is 0 Å². The average molecular weight is 424 g/mol. The Kier molecular flexibility index (Phi) is 6.22. The number of halogens is 1. The zero-order valence-corrected chi connectivity index (χ0v) is 18.7. The fourth-order valence-electron chi connectivity index (χ4n) is 3.07. The van der Waals surface area contributed by atoms with Crippen LogP contribution >= 0.6 is 11.3 Å². The van der Waals surface area contributed by atoms with E-state index < -0.39 is 5.82 Å². The van der Waals surface area contributed by atoms with Crippen molar-refractivity contribution in [1.82, 2.24) is 0 Å². The highest BCUT2D eigenvalue weighted by Crippen LogP contribution is 2.39. The maximum absolute atomic E-state index is 13.7. The molecule has 30 heavy (non-hydrogen) atoms. The smallest absolute Gasteiger partial charge is 0.184 e. The Morgan fingerprint density at radius 2 is 1.80 bits per heavy atom. The predicted molar refractivity (Wildman–Crippen MR) is 123 cm³/mol. The van der Waals surface area contributed by atoms with Crippen molar-refractivity contribution in [1.29, 1.82) is 0 Å². The second-order valence-corrected chi connectivity index (χ2v) is 9.32. The summed E-state index contributed by atoms with van der Waals surface area (Å²) in [5.41, 5.74) is 4.21. The number of hydrogen-bond donors (Lipinski definition) is 1. The van der Waals surface area contributed by atoms with Gasteiger partial charge in [0.05, 0.1) is 4.88 Å². The van der Waals surface area contributed by atoms with Crippen LogP contribution in [0.4, 0.5) is 4.39 Å². The first-order chi connectivity index (χ1) is 14.1. The first-order valence-corrected chi connectivity index (χ1v) is 10.7. The van der Waals surface area contributed by atoms with Crippen LogP contribution in [-0.2, 0) is 5.41 Å². The molecule has 0 fully saturated rings. The van der Waals surface area contributed by atoms with Crippen molar-refractivity contribution in [2.24, 2.45) is 4.99 Å². The van der Waals surface area contributed by atoms with Gasteiger partial charge >= 0.3 is 0 Å².